The summed E-state index contributed by atoms with van der Waals surface area (Å²) in [6.45, 7) is 5.88. The zero-order valence-corrected chi connectivity index (χ0v) is 14.7. The number of esters is 1. The maximum Gasteiger partial charge on any atom is 0.342 e. The zero-order chi connectivity index (χ0) is 18.2. The Morgan fingerprint density at radius 3 is 2.36 bits per heavy atom. The third-order valence-electron chi connectivity index (χ3n) is 3.69. The average Bonchev–Trinajstić information content (AvgIpc) is 2.63. The molecule has 0 aliphatic rings. The molecule has 0 aromatic heterocycles. The Bertz CT molecular complexity index is 725. The molecule has 0 bridgehead atoms. The minimum Gasteiger partial charge on any atom is -0.493 e. The molecule has 1 atom stereocenters. The second-order valence-electron chi connectivity index (χ2n) is 5.52. The van der Waals surface area contributed by atoms with Crippen molar-refractivity contribution in [1.29, 1.82) is 0 Å². The predicted molar refractivity (Wildman–Crippen MR) is 96.9 cm³/mol. The van der Waals surface area contributed by atoms with Crippen molar-refractivity contribution in [2.75, 3.05) is 11.9 Å². The highest BCUT2D eigenvalue weighted by Gasteiger charge is 2.21. The van der Waals surface area contributed by atoms with E-state index in [0.717, 1.165) is 6.42 Å². The number of hydrogen-bond acceptors (Lipinski definition) is 4. The van der Waals surface area contributed by atoms with Gasteiger partial charge in [-0.15, -0.1) is 0 Å². The zero-order valence-electron chi connectivity index (χ0n) is 14.7. The highest BCUT2D eigenvalue weighted by atomic mass is 16.5. The maximum absolute atomic E-state index is 12.3. The summed E-state index contributed by atoms with van der Waals surface area (Å²) in [5, 5.41) is 2.74. The van der Waals surface area contributed by atoms with Crippen molar-refractivity contribution in [1.82, 2.24) is 0 Å². The van der Waals surface area contributed by atoms with Crippen molar-refractivity contribution in [3.63, 3.8) is 0 Å². The Morgan fingerprint density at radius 2 is 1.72 bits per heavy atom. The number of amides is 1. The molecule has 0 unspecified atom stereocenters. The smallest absolute Gasteiger partial charge is 0.342 e. The van der Waals surface area contributed by atoms with Gasteiger partial charge in [-0.05, 0) is 50.1 Å². The number of para-hydroxylation sites is 1. The van der Waals surface area contributed by atoms with E-state index in [1.54, 1.807) is 24.3 Å². The van der Waals surface area contributed by atoms with Gasteiger partial charge >= 0.3 is 5.97 Å². The number of anilines is 1. The van der Waals surface area contributed by atoms with Crippen LogP contribution in [0.3, 0.4) is 0 Å². The molecule has 2 aromatic carbocycles. The number of rotatable bonds is 7. The van der Waals surface area contributed by atoms with E-state index in [9.17, 15) is 9.59 Å². The molecule has 0 radical (unpaired) electrons. The van der Waals surface area contributed by atoms with Gasteiger partial charge in [0.1, 0.15) is 11.3 Å². The van der Waals surface area contributed by atoms with E-state index in [-0.39, 0.29) is 5.91 Å². The Hall–Kier alpha value is -2.82. The summed E-state index contributed by atoms with van der Waals surface area (Å²) in [6, 6.07) is 14.4. The van der Waals surface area contributed by atoms with Crippen LogP contribution in [0.25, 0.3) is 0 Å². The molecule has 25 heavy (non-hydrogen) atoms. The fourth-order valence-electron chi connectivity index (χ4n) is 2.26. The highest BCUT2D eigenvalue weighted by molar-refractivity contribution is 5.98. The van der Waals surface area contributed by atoms with Gasteiger partial charge in [0.25, 0.3) is 5.91 Å². The standard InChI is InChI=1S/C20H23NO4/c1-4-15-10-12-16(13-11-15)21-19(22)14(3)25-20(23)17-8-6-7-9-18(17)24-5-2/h6-14H,4-5H2,1-3H3,(H,21,22)/t14-/m1/s1. The second kappa shape index (κ2) is 8.87. The number of nitrogens with one attached hydrogen (secondary N) is 1. The fourth-order valence-corrected chi connectivity index (χ4v) is 2.26. The lowest BCUT2D eigenvalue weighted by atomic mass is 10.1. The molecule has 1 N–H and O–H groups in total. The maximum atomic E-state index is 12.3. The van der Waals surface area contributed by atoms with E-state index in [0.29, 0.717) is 23.6 Å². The first-order valence-corrected chi connectivity index (χ1v) is 8.37. The predicted octanol–water partition coefficient (Wildman–Crippen LogP) is 3.83. The van der Waals surface area contributed by atoms with Crippen LogP contribution in [-0.4, -0.2) is 24.6 Å². The molecule has 132 valence electrons. The van der Waals surface area contributed by atoms with Gasteiger partial charge in [-0.3, -0.25) is 4.79 Å². The first-order valence-electron chi connectivity index (χ1n) is 8.37. The van der Waals surface area contributed by atoms with E-state index in [2.05, 4.69) is 12.2 Å². The van der Waals surface area contributed by atoms with Crippen LogP contribution in [0.5, 0.6) is 5.75 Å². The summed E-state index contributed by atoms with van der Waals surface area (Å²) < 4.78 is 10.7. The van der Waals surface area contributed by atoms with Crippen LogP contribution in [0.2, 0.25) is 0 Å². The third-order valence-corrected chi connectivity index (χ3v) is 3.69. The normalized spacial score (nSPS) is 11.5. The molecule has 0 heterocycles. The summed E-state index contributed by atoms with van der Waals surface area (Å²) in [6.07, 6.45) is 0.00891. The van der Waals surface area contributed by atoms with Crippen LogP contribution in [-0.2, 0) is 16.0 Å². The fraction of sp³-hybridized carbons (Fsp3) is 0.300. The molecule has 5 nitrogen and oxygen atoms in total. The molecule has 0 aliphatic carbocycles. The van der Waals surface area contributed by atoms with Crippen molar-refractivity contribution in [3.05, 3.63) is 59.7 Å². The van der Waals surface area contributed by atoms with Crippen molar-refractivity contribution in [3.8, 4) is 5.75 Å². The molecule has 1 amide bonds. The highest BCUT2D eigenvalue weighted by Crippen LogP contribution is 2.20. The van der Waals surface area contributed by atoms with Gasteiger partial charge in [0.15, 0.2) is 6.10 Å². The number of benzene rings is 2. The minimum atomic E-state index is -0.923. The topological polar surface area (TPSA) is 64.6 Å². The first kappa shape index (κ1) is 18.5. The monoisotopic (exact) mass is 341 g/mol. The Balaban J connectivity index is 1.99. The van der Waals surface area contributed by atoms with E-state index in [1.807, 2.05) is 31.2 Å². The molecular weight excluding hydrogens is 318 g/mol. The molecule has 0 saturated carbocycles. The molecule has 0 fully saturated rings. The Morgan fingerprint density at radius 1 is 1.04 bits per heavy atom. The molecular formula is C20H23NO4. The molecule has 2 rings (SSSR count). The van der Waals surface area contributed by atoms with Crippen molar-refractivity contribution in [2.24, 2.45) is 0 Å². The van der Waals surface area contributed by atoms with Crippen molar-refractivity contribution in [2.45, 2.75) is 33.3 Å². The van der Waals surface area contributed by atoms with Crippen LogP contribution >= 0.6 is 0 Å². The van der Waals surface area contributed by atoms with E-state index >= 15 is 0 Å². The number of aryl methyl sites for hydroxylation is 1. The average molecular weight is 341 g/mol. The lowest BCUT2D eigenvalue weighted by molar-refractivity contribution is -0.123. The van der Waals surface area contributed by atoms with Crippen LogP contribution in [0.1, 0.15) is 36.7 Å². The van der Waals surface area contributed by atoms with Gasteiger partial charge in [0.2, 0.25) is 0 Å². The summed E-state index contributed by atoms with van der Waals surface area (Å²) >= 11 is 0. The lowest BCUT2D eigenvalue weighted by Gasteiger charge is -2.15. The minimum absolute atomic E-state index is 0.302. The summed E-state index contributed by atoms with van der Waals surface area (Å²) in [5.74, 6) is -0.530. The first-order chi connectivity index (χ1) is 12.0. The summed E-state index contributed by atoms with van der Waals surface area (Å²) in [4.78, 5) is 24.5. The van der Waals surface area contributed by atoms with Crippen LogP contribution in [0.4, 0.5) is 5.69 Å². The van der Waals surface area contributed by atoms with Gasteiger partial charge in [-0.2, -0.15) is 0 Å². The van der Waals surface area contributed by atoms with Crippen LogP contribution in [0.15, 0.2) is 48.5 Å². The largest absolute Gasteiger partial charge is 0.493 e. The quantitative estimate of drug-likeness (QED) is 0.777. The summed E-state index contributed by atoms with van der Waals surface area (Å²) in [7, 11) is 0. The Kier molecular flexibility index (Phi) is 6.57. The SMILES string of the molecule is CCOc1ccccc1C(=O)O[C@H](C)C(=O)Nc1ccc(CC)cc1. The summed E-state index contributed by atoms with van der Waals surface area (Å²) in [5.41, 5.74) is 2.15. The molecule has 5 heteroatoms. The van der Waals surface area contributed by atoms with Gasteiger partial charge in [-0.1, -0.05) is 31.2 Å². The molecule has 2 aromatic rings. The van der Waals surface area contributed by atoms with Gasteiger partial charge in [0.05, 0.1) is 6.61 Å². The van der Waals surface area contributed by atoms with Gasteiger partial charge in [0, 0.05) is 5.69 Å². The van der Waals surface area contributed by atoms with E-state index in [4.69, 9.17) is 9.47 Å². The number of carbonyl (C=O) groups excluding carboxylic acids is 2. The van der Waals surface area contributed by atoms with Crippen LogP contribution in [0, 0.1) is 0 Å². The van der Waals surface area contributed by atoms with Gasteiger partial charge < -0.3 is 14.8 Å². The Labute approximate surface area is 148 Å². The lowest BCUT2D eigenvalue weighted by Crippen LogP contribution is -2.30. The second-order valence-corrected chi connectivity index (χ2v) is 5.52. The van der Waals surface area contributed by atoms with Crippen molar-refractivity contribution < 1.29 is 19.1 Å². The number of hydrogen-bond donors (Lipinski definition) is 1. The van der Waals surface area contributed by atoms with E-state index < -0.39 is 12.1 Å². The van der Waals surface area contributed by atoms with Crippen molar-refractivity contribution >= 4 is 17.6 Å². The number of carbonyl (C=O) groups is 2. The van der Waals surface area contributed by atoms with E-state index in [1.165, 1.54) is 12.5 Å². The van der Waals surface area contributed by atoms with Gasteiger partial charge in [-0.25, -0.2) is 4.79 Å². The molecule has 0 aliphatic heterocycles. The molecule has 0 spiro atoms. The third kappa shape index (κ3) is 5.08. The molecule has 0 saturated heterocycles. The number of ether oxygens (including phenoxy) is 2. The van der Waals surface area contributed by atoms with Crippen LogP contribution < -0.4 is 10.1 Å².